The number of amides is 1. The SMILES string of the molecule is C=C(C)C(=O)O.C=C(C)C(=O)O.O=C1CSC(=S)N1N1CCNCC1. The summed E-state index contributed by atoms with van der Waals surface area (Å²) in [5, 5.41) is 22.7. The van der Waals surface area contributed by atoms with Gasteiger partial charge < -0.3 is 15.5 Å². The Balaban J connectivity index is 0.000000406. The van der Waals surface area contributed by atoms with E-state index in [4.69, 9.17) is 22.4 Å². The number of hydrogen-bond donors (Lipinski definition) is 3. The summed E-state index contributed by atoms with van der Waals surface area (Å²) in [7, 11) is 0. The quantitative estimate of drug-likeness (QED) is 0.480. The van der Waals surface area contributed by atoms with E-state index in [9.17, 15) is 14.4 Å². The van der Waals surface area contributed by atoms with Crippen LogP contribution in [0.5, 0.6) is 0 Å². The van der Waals surface area contributed by atoms with Crippen molar-refractivity contribution in [2.24, 2.45) is 0 Å². The summed E-state index contributed by atoms with van der Waals surface area (Å²) in [5.41, 5.74) is 0.352. The molecule has 0 atom stereocenters. The monoisotopic (exact) mass is 389 g/mol. The number of rotatable bonds is 3. The Hall–Kier alpha value is -1.75. The molecule has 10 heteroatoms. The lowest BCUT2D eigenvalue weighted by molar-refractivity contribution is -0.136. The second-order valence-electron chi connectivity index (χ2n) is 5.13. The summed E-state index contributed by atoms with van der Waals surface area (Å²) in [4.78, 5) is 30.6. The second-order valence-corrected chi connectivity index (χ2v) is 6.74. The van der Waals surface area contributed by atoms with Gasteiger partial charge in [-0.3, -0.25) is 4.79 Å². The normalized spacial score (nSPS) is 17.0. The fourth-order valence-corrected chi connectivity index (χ4v) is 2.58. The average molecular weight is 389 g/mol. The van der Waals surface area contributed by atoms with Gasteiger partial charge in [0.2, 0.25) is 0 Å². The number of carboxylic acid groups (broad SMARTS) is 2. The van der Waals surface area contributed by atoms with Gasteiger partial charge in [0.25, 0.3) is 5.91 Å². The van der Waals surface area contributed by atoms with Gasteiger partial charge in [-0.25, -0.2) is 19.6 Å². The summed E-state index contributed by atoms with van der Waals surface area (Å²) in [6, 6.07) is 0. The van der Waals surface area contributed by atoms with E-state index < -0.39 is 11.9 Å². The minimum absolute atomic E-state index is 0.122. The van der Waals surface area contributed by atoms with Crippen molar-refractivity contribution >= 4 is 46.1 Å². The summed E-state index contributed by atoms with van der Waals surface area (Å²) in [6.07, 6.45) is 0. The number of hydrazine groups is 1. The molecule has 2 heterocycles. The molecule has 1 amide bonds. The smallest absolute Gasteiger partial charge is 0.330 e. The van der Waals surface area contributed by atoms with Crippen LogP contribution in [-0.4, -0.2) is 74.3 Å². The van der Waals surface area contributed by atoms with Crippen LogP contribution >= 0.6 is 24.0 Å². The van der Waals surface area contributed by atoms with Gasteiger partial charge in [0.15, 0.2) is 4.32 Å². The number of thiocarbonyl (C=S) groups is 1. The zero-order valence-corrected chi connectivity index (χ0v) is 15.9. The molecular weight excluding hydrogens is 366 g/mol. The van der Waals surface area contributed by atoms with Gasteiger partial charge in [-0.1, -0.05) is 37.1 Å². The lowest BCUT2D eigenvalue weighted by atomic mass is 10.4. The van der Waals surface area contributed by atoms with E-state index >= 15 is 0 Å². The van der Waals surface area contributed by atoms with Crippen LogP contribution in [0.15, 0.2) is 24.3 Å². The fourth-order valence-electron chi connectivity index (χ4n) is 1.47. The maximum absolute atomic E-state index is 11.4. The highest BCUT2D eigenvalue weighted by molar-refractivity contribution is 8.23. The van der Waals surface area contributed by atoms with Crippen molar-refractivity contribution in [1.82, 2.24) is 15.3 Å². The summed E-state index contributed by atoms with van der Waals surface area (Å²) >= 11 is 6.56. The number of thioether (sulfide) groups is 1. The maximum atomic E-state index is 11.4. The van der Waals surface area contributed by atoms with Crippen molar-refractivity contribution in [3.8, 4) is 0 Å². The Labute approximate surface area is 156 Å². The van der Waals surface area contributed by atoms with Crippen LogP contribution in [0.3, 0.4) is 0 Å². The standard InChI is InChI=1S/C7H11N3OS2.2C4H6O2/c11-6-5-13-7(12)10(6)9-3-1-8-2-4-9;2*1-3(2)4(5)6/h8H,1-5H2;2*1H2,2H3,(H,5,6). The summed E-state index contributed by atoms with van der Waals surface area (Å²) in [5.74, 6) is -1.25. The second kappa shape index (κ2) is 11.7. The predicted molar refractivity (Wildman–Crippen MR) is 101 cm³/mol. The molecule has 2 aliphatic rings. The lowest BCUT2D eigenvalue weighted by Crippen LogP contribution is -2.54. The van der Waals surface area contributed by atoms with Crippen molar-refractivity contribution in [2.75, 3.05) is 31.9 Å². The van der Waals surface area contributed by atoms with Gasteiger partial charge in [-0.15, -0.1) is 0 Å². The van der Waals surface area contributed by atoms with E-state index in [1.165, 1.54) is 25.6 Å². The number of nitrogens with one attached hydrogen (secondary N) is 1. The van der Waals surface area contributed by atoms with Gasteiger partial charge in [0.05, 0.1) is 5.75 Å². The number of nitrogens with zero attached hydrogens (tertiary/aromatic N) is 2. The molecule has 0 bridgehead atoms. The molecule has 0 aromatic heterocycles. The Morgan fingerprint density at radius 2 is 1.52 bits per heavy atom. The third kappa shape index (κ3) is 9.34. The molecule has 3 N–H and O–H groups in total. The lowest BCUT2D eigenvalue weighted by Gasteiger charge is -2.33. The van der Waals surface area contributed by atoms with E-state index in [-0.39, 0.29) is 17.1 Å². The Morgan fingerprint density at radius 1 is 1.12 bits per heavy atom. The Morgan fingerprint density at radius 3 is 1.80 bits per heavy atom. The molecule has 2 rings (SSSR count). The van der Waals surface area contributed by atoms with Crippen LogP contribution in [0.1, 0.15) is 13.8 Å². The van der Waals surface area contributed by atoms with Crippen molar-refractivity contribution in [3.63, 3.8) is 0 Å². The maximum Gasteiger partial charge on any atom is 0.330 e. The number of carbonyl (C=O) groups is 3. The largest absolute Gasteiger partial charge is 0.478 e. The van der Waals surface area contributed by atoms with E-state index in [1.807, 2.05) is 5.01 Å². The van der Waals surface area contributed by atoms with Gasteiger partial charge in [0.1, 0.15) is 0 Å². The highest BCUT2D eigenvalue weighted by atomic mass is 32.2. The van der Waals surface area contributed by atoms with E-state index in [1.54, 1.807) is 5.01 Å². The van der Waals surface area contributed by atoms with E-state index in [0.29, 0.717) is 10.1 Å². The molecule has 0 saturated carbocycles. The molecule has 2 aliphatic heterocycles. The molecule has 2 fully saturated rings. The molecule has 0 spiro atoms. The van der Waals surface area contributed by atoms with Crippen LogP contribution < -0.4 is 5.32 Å². The number of carboxylic acids is 2. The molecule has 0 aromatic carbocycles. The highest BCUT2D eigenvalue weighted by Crippen LogP contribution is 2.21. The minimum atomic E-state index is -0.935. The van der Waals surface area contributed by atoms with Crippen LogP contribution in [0.25, 0.3) is 0 Å². The molecule has 25 heavy (non-hydrogen) atoms. The fraction of sp³-hybridized carbons (Fsp3) is 0.467. The molecule has 8 nitrogen and oxygen atoms in total. The Bertz CT molecular complexity index is 495. The van der Waals surface area contributed by atoms with Gasteiger partial charge in [0, 0.05) is 37.3 Å². The molecule has 2 saturated heterocycles. The van der Waals surface area contributed by atoms with Gasteiger partial charge >= 0.3 is 11.9 Å². The zero-order valence-electron chi connectivity index (χ0n) is 14.3. The van der Waals surface area contributed by atoms with E-state index in [2.05, 4.69) is 18.5 Å². The zero-order chi connectivity index (χ0) is 19.6. The van der Waals surface area contributed by atoms with Gasteiger partial charge in [-0.05, 0) is 13.8 Å². The van der Waals surface area contributed by atoms with Crippen molar-refractivity contribution < 1.29 is 24.6 Å². The first-order valence-corrected chi connectivity index (χ1v) is 8.70. The first kappa shape index (κ1) is 23.2. The highest BCUT2D eigenvalue weighted by Gasteiger charge is 2.32. The molecule has 0 unspecified atom stereocenters. The predicted octanol–water partition coefficient (Wildman–Crippen LogP) is 0.961. The van der Waals surface area contributed by atoms with Gasteiger partial charge in [-0.2, -0.15) is 0 Å². The van der Waals surface area contributed by atoms with Crippen LogP contribution in [0, 0.1) is 0 Å². The molecule has 0 radical (unpaired) electrons. The molecular formula is C15H23N3O5S2. The third-order valence-corrected chi connectivity index (χ3v) is 4.17. The third-order valence-electron chi connectivity index (χ3n) is 2.83. The summed E-state index contributed by atoms with van der Waals surface area (Å²) in [6.45, 7) is 12.8. The van der Waals surface area contributed by atoms with Crippen LogP contribution in [0.4, 0.5) is 0 Å². The van der Waals surface area contributed by atoms with Crippen molar-refractivity contribution in [3.05, 3.63) is 24.3 Å². The number of carbonyl (C=O) groups excluding carboxylic acids is 1. The topological polar surface area (TPSA) is 110 Å². The van der Waals surface area contributed by atoms with Crippen LogP contribution in [-0.2, 0) is 14.4 Å². The van der Waals surface area contributed by atoms with Crippen molar-refractivity contribution in [1.29, 1.82) is 0 Å². The van der Waals surface area contributed by atoms with Crippen LogP contribution in [0.2, 0.25) is 0 Å². The molecule has 140 valence electrons. The summed E-state index contributed by atoms with van der Waals surface area (Å²) < 4.78 is 0.701. The first-order valence-electron chi connectivity index (χ1n) is 7.30. The average Bonchev–Trinajstić information content (AvgIpc) is 2.88. The first-order chi connectivity index (χ1) is 11.6. The number of piperazine rings is 1. The molecule has 0 aromatic rings. The minimum Gasteiger partial charge on any atom is -0.478 e. The Kier molecular flexibility index (Phi) is 10.9. The van der Waals surface area contributed by atoms with Crippen molar-refractivity contribution in [2.45, 2.75) is 13.8 Å². The molecule has 0 aliphatic carbocycles. The van der Waals surface area contributed by atoms with E-state index in [0.717, 1.165) is 26.2 Å². The number of aliphatic carboxylic acids is 2. The number of hydrogen-bond acceptors (Lipinski definition) is 7.